The van der Waals surface area contributed by atoms with Crippen LogP contribution in [0.2, 0.25) is 0 Å². The van der Waals surface area contributed by atoms with E-state index in [-0.39, 0.29) is 36.9 Å². The van der Waals surface area contributed by atoms with Gasteiger partial charge in [0.15, 0.2) is 0 Å². The van der Waals surface area contributed by atoms with Gasteiger partial charge in [-0.1, -0.05) is 19.0 Å². The van der Waals surface area contributed by atoms with Gasteiger partial charge in [0.2, 0.25) is 0 Å². The zero-order valence-electron chi connectivity index (χ0n) is 14.0. The van der Waals surface area contributed by atoms with Crippen LogP contribution in [0.1, 0.15) is 63.4 Å². The van der Waals surface area contributed by atoms with Crippen LogP contribution < -0.4 is 5.32 Å². The van der Waals surface area contributed by atoms with Crippen LogP contribution in [0.3, 0.4) is 0 Å². The first kappa shape index (κ1) is 17.3. The van der Waals surface area contributed by atoms with Crippen LogP contribution in [0.4, 0.5) is 4.79 Å². The van der Waals surface area contributed by atoms with Crippen molar-refractivity contribution in [2.75, 3.05) is 19.7 Å². The summed E-state index contributed by atoms with van der Waals surface area (Å²) >= 11 is 0. The maximum atomic E-state index is 12.3. The topological polar surface area (TPSA) is 84.7 Å². The molecule has 1 unspecified atom stereocenters. The van der Waals surface area contributed by atoms with Gasteiger partial charge in [-0.3, -0.25) is 4.79 Å². The van der Waals surface area contributed by atoms with Crippen LogP contribution in [-0.4, -0.2) is 41.8 Å². The normalized spacial score (nSPS) is 17.6. The summed E-state index contributed by atoms with van der Waals surface area (Å²) in [6, 6.07) is 1.69. The molecule has 1 N–H and O–H groups in total. The standard InChI is InChI=1S/C16H25N3O4/c1-4-22-15(20)7-8-17-16(21)19-9-5-6-13(19)12-10-14(11(2)3)23-18-12/h10-11,13H,4-9H2,1-3H3,(H,17,21). The summed E-state index contributed by atoms with van der Waals surface area (Å²) in [5.74, 6) is 0.794. The lowest BCUT2D eigenvalue weighted by molar-refractivity contribution is -0.142. The van der Waals surface area contributed by atoms with Gasteiger partial charge in [-0.15, -0.1) is 0 Å². The lowest BCUT2D eigenvalue weighted by atomic mass is 10.1. The molecule has 7 nitrogen and oxygen atoms in total. The Labute approximate surface area is 136 Å². The SMILES string of the molecule is CCOC(=O)CCNC(=O)N1CCCC1c1cc(C(C)C)on1. The van der Waals surface area contributed by atoms with Gasteiger partial charge in [0.1, 0.15) is 11.5 Å². The van der Waals surface area contributed by atoms with E-state index in [0.29, 0.717) is 13.2 Å². The first-order valence-electron chi connectivity index (χ1n) is 8.19. The average Bonchev–Trinajstić information content (AvgIpc) is 3.16. The van der Waals surface area contributed by atoms with Crippen molar-refractivity contribution in [1.29, 1.82) is 0 Å². The predicted molar refractivity (Wildman–Crippen MR) is 83.9 cm³/mol. The van der Waals surface area contributed by atoms with Crippen molar-refractivity contribution >= 4 is 12.0 Å². The van der Waals surface area contributed by atoms with Crippen molar-refractivity contribution in [2.24, 2.45) is 0 Å². The van der Waals surface area contributed by atoms with Gasteiger partial charge in [0.25, 0.3) is 0 Å². The number of urea groups is 1. The Morgan fingerprint density at radius 1 is 1.52 bits per heavy atom. The van der Waals surface area contributed by atoms with Crippen molar-refractivity contribution in [2.45, 2.75) is 52.0 Å². The molecule has 0 spiro atoms. The number of esters is 1. The highest BCUT2D eigenvalue weighted by atomic mass is 16.5. The Morgan fingerprint density at radius 2 is 2.30 bits per heavy atom. The molecule has 2 heterocycles. The second-order valence-electron chi connectivity index (χ2n) is 5.95. The molecule has 1 saturated heterocycles. The molecule has 0 aromatic carbocycles. The minimum absolute atomic E-state index is 0.0613. The summed E-state index contributed by atoms with van der Waals surface area (Å²) in [6.45, 7) is 7.15. The minimum atomic E-state index is -0.302. The third kappa shape index (κ3) is 4.46. The molecule has 23 heavy (non-hydrogen) atoms. The van der Waals surface area contributed by atoms with Crippen LogP contribution in [-0.2, 0) is 9.53 Å². The molecule has 0 radical (unpaired) electrons. The van der Waals surface area contributed by atoms with Crippen molar-refractivity contribution in [3.05, 3.63) is 17.5 Å². The number of amides is 2. The van der Waals surface area contributed by atoms with Gasteiger partial charge in [-0.05, 0) is 19.8 Å². The van der Waals surface area contributed by atoms with E-state index in [1.54, 1.807) is 11.8 Å². The molecule has 2 rings (SSSR count). The first-order chi connectivity index (χ1) is 11.0. The van der Waals surface area contributed by atoms with E-state index in [2.05, 4.69) is 10.5 Å². The number of nitrogens with zero attached hydrogens (tertiary/aromatic N) is 2. The highest BCUT2D eigenvalue weighted by Gasteiger charge is 2.32. The van der Waals surface area contributed by atoms with E-state index in [1.807, 2.05) is 19.9 Å². The molecule has 1 aromatic heterocycles. The van der Waals surface area contributed by atoms with Gasteiger partial charge in [-0.2, -0.15) is 0 Å². The molecular formula is C16H25N3O4. The Kier molecular flexibility index (Phi) is 6.01. The Morgan fingerprint density at radius 3 is 2.96 bits per heavy atom. The fraction of sp³-hybridized carbons (Fsp3) is 0.688. The summed E-state index contributed by atoms with van der Waals surface area (Å²) in [7, 11) is 0. The van der Waals surface area contributed by atoms with Crippen LogP contribution in [0.25, 0.3) is 0 Å². The lowest BCUT2D eigenvalue weighted by Gasteiger charge is -2.23. The second-order valence-corrected chi connectivity index (χ2v) is 5.95. The maximum absolute atomic E-state index is 12.3. The Hall–Kier alpha value is -2.05. The number of carbonyl (C=O) groups excluding carboxylic acids is 2. The summed E-state index contributed by atoms with van der Waals surface area (Å²) in [6.07, 6.45) is 1.98. The van der Waals surface area contributed by atoms with E-state index in [9.17, 15) is 9.59 Å². The second kappa shape index (κ2) is 7.99. The van der Waals surface area contributed by atoms with E-state index in [4.69, 9.17) is 9.26 Å². The van der Waals surface area contributed by atoms with E-state index >= 15 is 0 Å². The van der Waals surface area contributed by atoms with Crippen molar-refractivity contribution in [3.63, 3.8) is 0 Å². The lowest BCUT2D eigenvalue weighted by Crippen LogP contribution is -2.40. The smallest absolute Gasteiger partial charge is 0.317 e. The summed E-state index contributed by atoms with van der Waals surface area (Å²) in [5, 5.41) is 6.89. The van der Waals surface area contributed by atoms with E-state index < -0.39 is 0 Å². The molecule has 0 saturated carbocycles. The number of carbonyl (C=O) groups is 2. The zero-order chi connectivity index (χ0) is 16.8. The molecule has 1 aliphatic heterocycles. The Bertz CT molecular complexity index is 541. The summed E-state index contributed by atoms with van der Waals surface area (Å²) < 4.78 is 10.2. The van der Waals surface area contributed by atoms with Crippen molar-refractivity contribution < 1.29 is 18.8 Å². The molecule has 7 heteroatoms. The quantitative estimate of drug-likeness (QED) is 0.813. The maximum Gasteiger partial charge on any atom is 0.317 e. The monoisotopic (exact) mass is 323 g/mol. The minimum Gasteiger partial charge on any atom is -0.466 e. The van der Waals surface area contributed by atoms with Crippen LogP contribution >= 0.6 is 0 Å². The van der Waals surface area contributed by atoms with Gasteiger partial charge in [-0.25, -0.2) is 4.79 Å². The Balaban J connectivity index is 1.90. The number of likely N-dealkylation sites (tertiary alicyclic amines) is 1. The highest BCUT2D eigenvalue weighted by molar-refractivity contribution is 5.76. The van der Waals surface area contributed by atoms with Gasteiger partial charge < -0.3 is 19.5 Å². The first-order valence-corrected chi connectivity index (χ1v) is 8.19. The predicted octanol–water partition coefficient (Wildman–Crippen LogP) is 2.60. The number of hydrogen-bond donors (Lipinski definition) is 1. The van der Waals surface area contributed by atoms with Crippen LogP contribution in [0, 0.1) is 0 Å². The fourth-order valence-corrected chi connectivity index (χ4v) is 2.66. The van der Waals surface area contributed by atoms with Crippen molar-refractivity contribution in [3.8, 4) is 0 Å². The van der Waals surface area contributed by atoms with E-state index in [0.717, 1.165) is 24.3 Å². The molecule has 0 aliphatic carbocycles. The third-order valence-corrected chi connectivity index (χ3v) is 3.88. The molecule has 1 aliphatic rings. The molecule has 2 amide bonds. The summed E-state index contributed by atoms with van der Waals surface area (Å²) in [4.78, 5) is 25.4. The van der Waals surface area contributed by atoms with Gasteiger partial charge >= 0.3 is 12.0 Å². The number of nitrogens with one attached hydrogen (secondary N) is 1. The molecule has 1 atom stereocenters. The number of rotatable bonds is 6. The van der Waals surface area contributed by atoms with E-state index in [1.165, 1.54) is 0 Å². The third-order valence-electron chi connectivity index (χ3n) is 3.88. The van der Waals surface area contributed by atoms with Crippen molar-refractivity contribution in [1.82, 2.24) is 15.4 Å². The molecular weight excluding hydrogens is 298 g/mol. The molecule has 0 bridgehead atoms. The number of ether oxygens (including phenoxy) is 1. The van der Waals surface area contributed by atoms with Gasteiger partial charge in [0.05, 0.1) is 19.1 Å². The van der Waals surface area contributed by atoms with Gasteiger partial charge in [0, 0.05) is 25.1 Å². The average molecular weight is 323 g/mol. The molecule has 1 aromatic rings. The highest BCUT2D eigenvalue weighted by Crippen LogP contribution is 2.32. The molecule has 1 fully saturated rings. The molecule has 128 valence electrons. The van der Waals surface area contributed by atoms with Crippen LogP contribution in [0.5, 0.6) is 0 Å². The summed E-state index contributed by atoms with van der Waals surface area (Å²) in [5.41, 5.74) is 0.798. The zero-order valence-corrected chi connectivity index (χ0v) is 14.0. The number of hydrogen-bond acceptors (Lipinski definition) is 5. The largest absolute Gasteiger partial charge is 0.466 e. The van der Waals surface area contributed by atoms with Crippen LogP contribution in [0.15, 0.2) is 10.6 Å². The number of aromatic nitrogens is 1. The fourth-order valence-electron chi connectivity index (χ4n) is 2.66.